The lowest BCUT2D eigenvalue weighted by atomic mass is 9.86. The van der Waals surface area contributed by atoms with E-state index in [0.717, 1.165) is 18.4 Å². The number of benzene rings is 2. The normalized spacial score (nSPS) is 18.1. The van der Waals surface area contributed by atoms with Gasteiger partial charge in [0.15, 0.2) is 12.2 Å². The fourth-order valence-corrected chi connectivity index (χ4v) is 7.43. The maximum atomic E-state index is 14.3. The molecule has 0 spiro atoms. The average molecular weight is 741 g/mol. The van der Waals surface area contributed by atoms with Crippen LogP contribution < -0.4 is 15.4 Å². The molecule has 1 saturated heterocycles. The van der Waals surface area contributed by atoms with Gasteiger partial charge in [-0.3, -0.25) is 24.1 Å². The van der Waals surface area contributed by atoms with Crippen molar-refractivity contribution in [3.63, 3.8) is 0 Å². The fraction of sp³-hybridized carbons (Fsp3) is 0.472. The number of oxazole rings is 1. The van der Waals surface area contributed by atoms with Crippen molar-refractivity contribution in [1.82, 2.24) is 30.1 Å². The van der Waals surface area contributed by atoms with Gasteiger partial charge < -0.3 is 20.0 Å². The number of sulfonamides is 1. The Kier molecular flexibility index (Phi) is 12.0. The number of Topliss-reactive ketones (excluding diaryl/α,β-unsaturated/α-hetero) is 1. The first-order chi connectivity index (χ1) is 24.2. The highest BCUT2D eigenvalue weighted by molar-refractivity contribution is 7.89. The van der Waals surface area contributed by atoms with E-state index in [1.807, 2.05) is 24.0 Å². The van der Waals surface area contributed by atoms with Crippen molar-refractivity contribution in [3.05, 3.63) is 71.7 Å². The van der Waals surface area contributed by atoms with Crippen molar-refractivity contribution in [2.75, 3.05) is 19.6 Å². The lowest BCUT2D eigenvalue weighted by molar-refractivity contribution is -0.143. The molecule has 2 aliphatic rings. The summed E-state index contributed by atoms with van der Waals surface area (Å²) in [6.07, 6.45) is 5.25. The van der Waals surface area contributed by atoms with Gasteiger partial charge in [0, 0.05) is 42.8 Å². The topological polar surface area (TPSA) is 171 Å². The molecule has 2 aromatic carbocycles. The molecule has 1 aliphatic heterocycles. The average Bonchev–Trinajstić information content (AvgIpc) is 3.74. The minimum atomic E-state index is -4.16. The number of nitrogens with one attached hydrogen (secondary N) is 3. The lowest BCUT2D eigenvalue weighted by Crippen LogP contribution is -2.64. The van der Waals surface area contributed by atoms with E-state index < -0.39 is 57.1 Å². The summed E-state index contributed by atoms with van der Waals surface area (Å²) in [5.74, 6) is -1.94. The molecule has 51 heavy (non-hydrogen) atoms. The molecule has 3 amide bonds. The second kappa shape index (κ2) is 16.1. The molecular formula is C36H45ClN6O7S. The zero-order valence-corrected chi connectivity index (χ0v) is 30.8. The maximum Gasteiger partial charge on any atom is 0.289 e. The first-order valence-corrected chi connectivity index (χ1v) is 19.0. The van der Waals surface area contributed by atoms with Gasteiger partial charge in [0.05, 0.1) is 17.1 Å². The third-order valence-corrected chi connectivity index (χ3v) is 10.7. The van der Waals surface area contributed by atoms with Gasteiger partial charge in [0.1, 0.15) is 12.1 Å². The van der Waals surface area contributed by atoms with Crippen LogP contribution in [-0.2, 0) is 35.7 Å². The van der Waals surface area contributed by atoms with Gasteiger partial charge in [-0.25, -0.2) is 13.4 Å². The van der Waals surface area contributed by atoms with E-state index in [2.05, 4.69) is 20.3 Å². The molecule has 3 aromatic rings. The number of nitrogens with zero attached hydrogens (tertiary/aromatic N) is 3. The minimum absolute atomic E-state index is 0.0148. The Hall–Kier alpha value is -4.11. The summed E-state index contributed by atoms with van der Waals surface area (Å²) in [6.45, 7) is 7.94. The largest absolute Gasteiger partial charge is 0.444 e. The molecular weight excluding hydrogens is 696 g/mol. The number of hydrogen-bond acceptors (Lipinski definition) is 9. The van der Waals surface area contributed by atoms with E-state index in [1.54, 1.807) is 45.0 Å². The Morgan fingerprint density at radius 1 is 1.02 bits per heavy atom. The number of aromatic nitrogens is 1. The zero-order valence-electron chi connectivity index (χ0n) is 29.2. The molecule has 274 valence electrons. The van der Waals surface area contributed by atoms with Gasteiger partial charge in [0.25, 0.3) is 5.91 Å². The third kappa shape index (κ3) is 9.82. The molecule has 0 bridgehead atoms. The van der Waals surface area contributed by atoms with E-state index in [4.69, 9.17) is 16.0 Å². The molecule has 0 radical (unpaired) electrons. The fourth-order valence-electron chi connectivity index (χ4n) is 5.91. The summed E-state index contributed by atoms with van der Waals surface area (Å²) in [6, 6.07) is 10.1. The van der Waals surface area contributed by atoms with Crippen LogP contribution in [0.15, 0.2) is 70.4 Å². The molecule has 13 nitrogen and oxygen atoms in total. The third-order valence-electron chi connectivity index (χ3n) is 9.02. The summed E-state index contributed by atoms with van der Waals surface area (Å²) in [7, 11) is -4.16. The number of halogens is 1. The summed E-state index contributed by atoms with van der Waals surface area (Å²) in [5.41, 5.74) is 0.675. The zero-order chi connectivity index (χ0) is 36.9. The van der Waals surface area contributed by atoms with Gasteiger partial charge in [-0.2, -0.15) is 4.72 Å². The van der Waals surface area contributed by atoms with Crippen LogP contribution in [0, 0.1) is 5.41 Å². The highest BCUT2D eigenvalue weighted by Crippen LogP contribution is 2.27. The highest BCUT2D eigenvalue weighted by Gasteiger charge is 2.42. The number of piperazine rings is 1. The Balaban J connectivity index is 1.36. The Bertz CT molecular complexity index is 1810. The first-order valence-electron chi connectivity index (χ1n) is 17.1. The van der Waals surface area contributed by atoms with Gasteiger partial charge in [-0.1, -0.05) is 57.8 Å². The Morgan fingerprint density at radius 3 is 2.29 bits per heavy atom. The standard InChI is InChI=1S/C36H45ClN6O7S/c1-5-6-28(31(44)34(46)39-26-13-14-26)40-33(45)29-21-43(18-17-42(29)20-23-7-11-25(37)12-8-23)35(47)32(36(2,3)4)41-51(48,49)27-15-9-24(10-16-27)30-19-38-22-50-30/h7-12,15-16,19,22,26,28-29,32,41H,5-6,13-14,17-18,20-21H2,1-4H3,(H,39,46)(H,40,45)/t28-,29+,32+/m0/s1. The van der Waals surface area contributed by atoms with Crippen LogP contribution >= 0.6 is 11.6 Å². The van der Waals surface area contributed by atoms with Gasteiger partial charge in [-0.05, 0) is 66.6 Å². The summed E-state index contributed by atoms with van der Waals surface area (Å²) in [4.78, 5) is 61.4. The van der Waals surface area contributed by atoms with Crippen LogP contribution in [0.1, 0.15) is 58.9 Å². The molecule has 1 saturated carbocycles. The molecule has 2 heterocycles. The minimum Gasteiger partial charge on any atom is -0.444 e. The van der Waals surface area contributed by atoms with Crippen molar-refractivity contribution >= 4 is 45.1 Å². The second-order valence-corrected chi connectivity index (χ2v) is 16.3. The number of ketones is 1. The van der Waals surface area contributed by atoms with Crippen LogP contribution in [0.5, 0.6) is 0 Å². The van der Waals surface area contributed by atoms with Crippen LogP contribution in [0.3, 0.4) is 0 Å². The quantitative estimate of drug-likeness (QED) is 0.209. The molecule has 5 rings (SSSR count). The number of carbonyl (C=O) groups is 4. The summed E-state index contributed by atoms with van der Waals surface area (Å²) in [5, 5.41) is 6.08. The van der Waals surface area contributed by atoms with Crippen molar-refractivity contribution in [2.24, 2.45) is 5.41 Å². The maximum absolute atomic E-state index is 14.3. The van der Waals surface area contributed by atoms with E-state index in [0.29, 0.717) is 29.3 Å². The van der Waals surface area contributed by atoms with Gasteiger partial charge in [0.2, 0.25) is 27.6 Å². The number of rotatable bonds is 14. The molecule has 3 atom stereocenters. The summed E-state index contributed by atoms with van der Waals surface area (Å²) < 4.78 is 35.2. The highest BCUT2D eigenvalue weighted by atomic mass is 35.5. The Labute approximate surface area is 303 Å². The lowest BCUT2D eigenvalue weighted by Gasteiger charge is -2.43. The predicted molar refractivity (Wildman–Crippen MR) is 191 cm³/mol. The molecule has 2 fully saturated rings. The monoisotopic (exact) mass is 740 g/mol. The van der Waals surface area contributed by atoms with Crippen LogP contribution in [0.2, 0.25) is 5.02 Å². The smallest absolute Gasteiger partial charge is 0.289 e. The van der Waals surface area contributed by atoms with Crippen molar-refractivity contribution in [3.8, 4) is 11.3 Å². The number of carbonyl (C=O) groups excluding carboxylic acids is 4. The Morgan fingerprint density at radius 2 is 1.71 bits per heavy atom. The first kappa shape index (κ1) is 38.1. The van der Waals surface area contributed by atoms with Gasteiger partial charge in [-0.15, -0.1) is 0 Å². The molecule has 3 N–H and O–H groups in total. The van der Waals surface area contributed by atoms with Crippen molar-refractivity contribution < 1.29 is 32.0 Å². The number of amides is 3. The van der Waals surface area contributed by atoms with Crippen molar-refractivity contribution in [2.45, 2.75) is 89.0 Å². The number of hydrogen-bond donors (Lipinski definition) is 3. The summed E-state index contributed by atoms with van der Waals surface area (Å²) >= 11 is 6.10. The molecule has 15 heteroatoms. The SMILES string of the molecule is CCC[C@H](NC(=O)[C@H]1CN(C(=O)[C@@H](NS(=O)(=O)c2ccc(-c3cnco3)cc2)C(C)(C)C)CCN1Cc1ccc(Cl)cc1)C(=O)C(=O)NC1CC1. The van der Waals surface area contributed by atoms with Crippen LogP contribution in [-0.4, -0.2) is 90.5 Å². The van der Waals surface area contributed by atoms with E-state index in [9.17, 15) is 27.6 Å². The molecule has 1 aromatic heterocycles. The van der Waals surface area contributed by atoms with Crippen LogP contribution in [0.25, 0.3) is 11.3 Å². The molecule has 0 unspecified atom stereocenters. The molecule has 1 aliphatic carbocycles. The predicted octanol–water partition coefficient (Wildman–Crippen LogP) is 3.53. The van der Waals surface area contributed by atoms with E-state index >= 15 is 0 Å². The van der Waals surface area contributed by atoms with E-state index in [1.165, 1.54) is 29.6 Å². The van der Waals surface area contributed by atoms with Crippen LogP contribution in [0.4, 0.5) is 0 Å². The van der Waals surface area contributed by atoms with Gasteiger partial charge >= 0.3 is 0 Å². The van der Waals surface area contributed by atoms with Crippen molar-refractivity contribution in [1.29, 1.82) is 0 Å². The second-order valence-electron chi connectivity index (χ2n) is 14.2. The van der Waals surface area contributed by atoms with E-state index in [-0.39, 0.29) is 37.0 Å².